The summed E-state index contributed by atoms with van der Waals surface area (Å²) in [5, 5.41) is 14.5. The van der Waals surface area contributed by atoms with E-state index in [1.54, 1.807) is 6.20 Å². The smallest absolute Gasteiger partial charge is 0.231 e. The summed E-state index contributed by atoms with van der Waals surface area (Å²) < 4.78 is 12.4. The number of ether oxygens (including phenoxy) is 2. The predicted octanol–water partition coefficient (Wildman–Crippen LogP) is 1.91. The highest BCUT2D eigenvalue weighted by Crippen LogP contribution is 2.34. The maximum Gasteiger partial charge on any atom is 0.231 e. The van der Waals surface area contributed by atoms with Crippen LogP contribution in [-0.4, -0.2) is 21.7 Å². The fourth-order valence-corrected chi connectivity index (χ4v) is 2.15. The molecule has 1 aromatic heterocycles. The zero-order valence-corrected chi connectivity index (χ0v) is 10.7. The van der Waals surface area contributed by atoms with Crippen molar-refractivity contribution in [3.05, 3.63) is 41.7 Å². The fraction of sp³-hybridized carbons (Fsp3) is 0.357. The molecule has 0 spiro atoms. The third-order valence-corrected chi connectivity index (χ3v) is 3.22. The molecule has 1 atom stereocenters. The molecule has 5 heteroatoms. The van der Waals surface area contributed by atoms with Crippen molar-refractivity contribution >= 4 is 0 Å². The Labute approximate surface area is 111 Å². The average Bonchev–Trinajstić information content (AvgIpc) is 3.05. The van der Waals surface area contributed by atoms with E-state index in [0.29, 0.717) is 12.2 Å². The lowest BCUT2D eigenvalue weighted by Crippen LogP contribution is -2.01. The van der Waals surface area contributed by atoms with E-state index >= 15 is 0 Å². The third-order valence-electron chi connectivity index (χ3n) is 3.22. The van der Waals surface area contributed by atoms with E-state index in [2.05, 4.69) is 5.10 Å². The Morgan fingerprint density at radius 1 is 1.37 bits per heavy atom. The summed E-state index contributed by atoms with van der Waals surface area (Å²) >= 11 is 0. The number of rotatable bonds is 4. The molecule has 0 saturated heterocycles. The number of aryl methyl sites for hydroxylation is 1. The first kappa shape index (κ1) is 12.0. The van der Waals surface area contributed by atoms with Crippen LogP contribution in [0, 0.1) is 0 Å². The van der Waals surface area contributed by atoms with Crippen LogP contribution in [0.2, 0.25) is 0 Å². The van der Waals surface area contributed by atoms with Crippen molar-refractivity contribution in [3.8, 4) is 11.5 Å². The van der Waals surface area contributed by atoms with Crippen LogP contribution in [0.4, 0.5) is 0 Å². The van der Waals surface area contributed by atoms with Gasteiger partial charge in [0.25, 0.3) is 0 Å². The van der Waals surface area contributed by atoms with E-state index in [4.69, 9.17) is 9.47 Å². The molecule has 0 amide bonds. The van der Waals surface area contributed by atoms with E-state index in [0.717, 1.165) is 23.4 Å². The molecule has 1 aromatic carbocycles. The third kappa shape index (κ3) is 2.42. The molecule has 19 heavy (non-hydrogen) atoms. The normalized spacial score (nSPS) is 14.6. The summed E-state index contributed by atoms with van der Waals surface area (Å²) in [6.45, 7) is 3.11. The van der Waals surface area contributed by atoms with E-state index in [9.17, 15) is 5.11 Å². The van der Waals surface area contributed by atoms with Gasteiger partial charge in [0.15, 0.2) is 11.5 Å². The summed E-state index contributed by atoms with van der Waals surface area (Å²) in [6, 6.07) is 5.52. The van der Waals surface area contributed by atoms with Crippen molar-refractivity contribution in [3.63, 3.8) is 0 Å². The monoisotopic (exact) mass is 260 g/mol. The van der Waals surface area contributed by atoms with E-state index in [1.165, 1.54) is 0 Å². The number of fused-ring (bicyclic) bond motifs is 1. The minimum absolute atomic E-state index is 0.248. The topological polar surface area (TPSA) is 56.5 Å². The molecule has 1 aliphatic heterocycles. The lowest BCUT2D eigenvalue weighted by Gasteiger charge is -2.10. The van der Waals surface area contributed by atoms with Crippen molar-refractivity contribution in [1.29, 1.82) is 0 Å². The number of nitrogens with zero attached hydrogens (tertiary/aromatic N) is 2. The SMILES string of the molecule is CCn1cc(CC(O)c2ccc3c(c2)OCO3)cn1. The van der Waals surface area contributed by atoms with Gasteiger partial charge in [-0.1, -0.05) is 6.07 Å². The highest BCUT2D eigenvalue weighted by molar-refractivity contribution is 5.45. The van der Waals surface area contributed by atoms with Gasteiger partial charge in [0, 0.05) is 19.2 Å². The van der Waals surface area contributed by atoms with Crippen molar-refractivity contribution in [2.45, 2.75) is 26.0 Å². The van der Waals surface area contributed by atoms with Crippen molar-refractivity contribution in [2.75, 3.05) is 6.79 Å². The number of benzene rings is 1. The average molecular weight is 260 g/mol. The van der Waals surface area contributed by atoms with Crippen LogP contribution in [0.3, 0.4) is 0 Å². The number of aliphatic hydroxyl groups excluding tert-OH is 1. The molecule has 2 aromatic rings. The first-order valence-electron chi connectivity index (χ1n) is 6.35. The van der Waals surface area contributed by atoms with Gasteiger partial charge in [0.05, 0.1) is 12.3 Å². The molecule has 0 aliphatic carbocycles. The molecule has 0 radical (unpaired) electrons. The predicted molar refractivity (Wildman–Crippen MR) is 69.1 cm³/mol. The maximum absolute atomic E-state index is 10.3. The Morgan fingerprint density at radius 2 is 2.21 bits per heavy atom. The second-order valence-corrected chi connectivity index (χ2v) is 4.54. The summed E-state index contributed by atoms with van der Waals surface area (Å²) in [6.07, 6.45) is 3.72. The van der Waals surface area contributed by atoms with E-state index in [-0.39, 0.29) is 6.79 Å². The van der Waals surface area contributed by atoms with Crippen LogP contribution in [0.25, 0.3) is 0 Å². The minimum atomic E-state index is -0.566. The summed E-state index contributed by atoms with van der Waals surface area (Å²) in [5.41, 5.74) is 1.85. The largest absolute Gasteiger partial charge is 0.454 e. The molecule has 0 saturated carbocycles. The van der Waals surface area contributed by atoms with Gasteiger partial charge in [0.2, 0.25) is 6.79 Å². The van der Waals surface area contributed by atoms with Gasteiger partial charge in [-0.25, -0.2) is 0 Å². The van der Waals surface area contributed by atoms with Crippen molar-refractivity contribution in [1.82, 2.24) is 9.78 Å². The van der Waals surface area contributed by atoms with Gasteiger partial charge in [-0.2, -0.15) is 5.10 Å². The van der Waals surface area contributed by atoms with E-state index < -0.39 is 6.10 Å². The second kappa shape index (κ2) is 4.93. The molecule has 5 nitrogen and oxygen atoms in total. The molecule has 1 N–H and O–H groups in total. The number of hydrogen-bond acceptors (Lipinski definition) is 4. The van der Waals surface area contributed by atoms with Gasteiger partial charge in [0.1, 0.15) is 0 Å². The number of hydrogen-bond donors (Lipinski definition) is 1. The molecule has 1 aliphatic rings. The van der Waals surface area contributed by atoms with Crippen molar-refractivity contribution in [2.24, 2.45) is 0 Å². The zero-order valence-electron chi connectivity index (χ0n) is 10.7. The lowest BCUT2D eigenvalue weighted by molar-refractivity contribution is 0.171. The Hall–Kier alpha value is -2.01. The Morgan fingerprint density at radius 3 is 3.00 bits per heavy atom. The molecular weight excluding hydrogens is 244 g/mol. The van der Waals surface area contributed by atoms with E-state index in [1.807, 2.05) is 36.0 Å². The molecule has 1 unspecified atom stereocenters. The minimum Gasteiger partial charge on any atom is -0.454 e. The molecule has 2 heterocycles. The summed E-state index contributed by atoms with van der Waals surface area (Å²) in [5.74, 6) is 1.43. The Bertz CT molecular complexity index is 580. The van der Waals surface area contributed by atoms with Crippen LogP contribution < -0.4 is 9.47 Å². The molecule has 0 fully saturated rings. The Balaban J connectivity index is 1.74. The molecule has 0 bridgehead atoms. The molecule has 3 rings (SSSR count). The lowest BCUT2D eigenvalue weighted by atomic mass is 10.0. The highest BCUT2D eigenvalue weighted by Gasteiger charge is 2.17. The highest BCUT2D eigenvalue weighted by atomic mass is 16.7. The van der Waals surface area contributed by atoms with Gasteiger partial charge >= 0.3 is 0 Å². The first-order valence-corrected chi connectivity index (χ1v) is 6.35. The van der Waals surface area contributed by atoms with Crippen molar-refractivity contribution < 1.29 is 14.6 Å². The number of aromatic nitrogens is 2. The first-order chi connectivity index (χ1) is 9.26. The quantitative estimate of drug-likeness (QED) is 0.912. The molecular formula is C14H16N2O3. The number of aliphatic hydroxyl groups is 1. The van der Waals surface area contributed by atoms with Crippen LogP contribution in [0.15, 0.2) is 30.6 Å². The van der Waals surface area contributed by atoms with Crippen LogP contribution in [0.1, 0.15) is 24.2 Å². The van der Waals surface area contributed by atoms with Gasteiger partial charge in [-0.15, -0.1) is 0 Å². The van der Waals surface area contributed by atoms with Crippen LogP contribution in [-0.2, 0) is 13.0 Å². The van der Waals surface area contributed by atoms with Gasteiger partial charge < -0.3 is 14.6 Å². The van der Waals surface area contributed by atoms with Gasteiger partial charge in [-0.05, 0) is 30.2 Å². The Kier molecular flexibility index (Phi) is 3.13. The standard InChI is InChI=1S/C14H16N2O3/c1-2-16-8-10(7-15-16)5-12(17)11-3-4-13-14(6-11)19-9-18-13/h3-4,6-8,12,17H,2,5,9H2,1H3. The maximum atomic E-state index is 10.3. The second-order valence-electron chi connectivity index (χ2n) is 4.54. The fourth-order valence-electron chi connectivity index (χ4n) is 2.15. The molecule has 100 valence electrons. The van der Waals surface area contributed by atoms with Crippen LogP contribution >= 0.6 is 0 Å². The summed E-state index contributed by atoms with van der Waals surface area (Å²) in [7, 11) is 0. The summed E-state index contributed by atoms with van der Waals surface area (Å²) in [4.78, 5) is 0. The van der Waals surface area contributed by atoms with Gasteiger partial charge in [-0.3, -0.25) is 4.68 Å². The zero-order chi connectivity index (χ0) is 13.2. The van der Waals surface area contributed by atoms with Crippen LogP contribution in [0.5, 0.6) is 11.5 Å².